The number of ether oxygens (including phenoxy) is 2. The summed E-state index contributed by atoms with van der Waals surface area (Å²) in [5.74, 6) is 2.45. The normalized spacial score (nSPS) is 17.5. The smallest absolute Gasteiger partial charge is 0.241 e. The van der Waals surface area contributed by atoms with Crippen molar-refractivity contribution in [3.05, 3.63) is 24.1 Å². The number of rotatable bonds is 7. The maximum atomic E-state index is 12.1. The van der Waals surface area contributed by atoms with Crippen molar-refractivity contribution in [2.45, 2.75) is 26.3 Å². The molecule has 1 amide bonds. The lowest BCUT2D eigenvalue weighted by Crippen LogP contribution is -2.42. The predicted molar refractivity (Wildman–Crippen MR) is 99.5 cm³/mol. The first-order chi connectivity index (χ1) is 13.1. The van der Waals surface area contributed by atoms with E-state index < -0.39 is 0 Å². The molecule has 27 heavy (non-hydrogen) atoms. The van der Waals surface area contributed by atoms with Crippen LogP contribution in [0.15, 0.2) is 22.7 Å². The van der Waals surface area contributed by atoms with Crippen LogP contribution in [-0.4, -0.2) is 54.8 Å². The zero-order chi connectivity index (χ0) is 19.2. The number of methoxy groups -OCH3 is 2. The maximum Gasteiger partial charge on any atom is 0.241 e. The van der Waals surface area contributed by atoms with E-state index in [1.165, 1.54) is 0 Å². The fraction of sp³-hybridized carbons (Fsp3) is 0.526. The summed E-state index contributed by atoms with van der Waals surface area (Å²) in [7, 11) is 3.18. The van der Waals surface area contributed by atoms with Gasteiger partial charge in [-0.25, -0.2) is 0 Å². The van der Waals surface area contributed by atoms with Crippen molar-refractivity contribution in [3.8, 4) is 22.9 Å². The zero-order valence-electron chi connectivity index (χ0n) is 16.0. The van der Waals surface area contributed by atoms with E-state index in [9.17, 15) is 4.79 Å². The van der Waals surface area contributed by atoms with Gasteiger partial charge in [-0.3, -0.25) is 9.69 Å². The highest BCUT2D eigenvalue weighted by molar-refractivity contribution is 5.78. The van der Waals surface area contributed by atoms with Crippen molar-refractivity contribution in [1.82, 2.24) is 20.4 Å². The molecule has 1 saturated heterocycles. The Balaban J connectivity index is 1.66. The number of benzene rings is 1. The van der Waals surface area contributed by atoms with Crippen LogP contribution in [0.1, 0.15) is 25.7 Å². The molecular weight excluding hydrogens is 348 g/mol. The molecule has 1 aliphatic rings. The minimum absolute atomic E-state index is 0.0203. The molecule has 0 bridgehead atoms. The van der Waals surface area contributed by atoms with Gasteiger partial charge in [0.15, 0.2) is 11.5 Å². The van der Waals surface area contributed by atoms with Gasteiger partial charge in [-0.05, 0) is 44.5 Å². The Morgan fingerprint density at radius 1 is 1.33 bits per heavy atom. The third-order valence-corrected chi connectivity index (χ3v) is 4.70. The van der Waals surface area contributed by atoms with E-state index in [-0.39, 0.29) is 11.8 Å². The van der Waals surface area contributed by atoms with Crippen LogP contribution in [0.3, 0.4) is 0 Å². The molecule has 1 fully saturated rings. The van der Waals surface area contributed by atoms with Gasteiger partial charge < -0.3 is 19.3 Å². The van der Waals surface area contributed by atoms with E-state index in [2.05, 4.69) is 20.4 Å². The average molecular weight is 374 g/mol. The number of carbonyl (C=O) groups is 1. The number of nitrogens with zero attached hydrogens (tertiary/aromatic N) is 3. The number of piperidine rings is 1. The molecule has 3 rings (SSSR count). The SMILES string of the molecule is CCNC(=O)C1CCCN(Cc2nc(-c3ccc(OC)c(OC)c3)no2)C1. The number of likely N-dealkylation sites (tertiary alicyclic amines) is 1. The van der Waals surface area contributed by atoms with Gasteiger partial charge in [0.05, 0.1) is 26.7 Å². The molecule has 2 heterocycles. The first-order valence-corrected chi connectivity index (χ1v) is 9.19. The molecule has 0 aliphatic carbocycles. The van der Waals surface area contributed by atoms with Crippen molar-refractivity contribution in [3.63, 3.8) is 0 Å². The van der Waals surface area contributed by atoms with Gasteiger partial charge in [0.25, 0.3) is 0 Å². The lowest BCUT2D eigenvalue weighted by atomic mass is 9.97. The first kappa shape index (κ1) is 19.2. The molecule has 2 aromatic rings. The highest BCUT2D eigenvalue weighted by atomic mass is 16.5. The number of aromatic nitrogens is 2. The second-order valence-electron chi connectivity index (χ2n) is 6.55. The number of hydrogen-bond donors (Lipinski definition) is 1. The van der Waals surface area contributed by atoms with Crippen LogP contribution in [0.5, 0.6) is 11.5 Å². The van der Waals surface area contributed by atoms with Crippen molar-refractivity contribution >= 4 is 5.91 Å². The molecule has 146 valence electrons. The lowest BCUT2D eigenvalue weighted by molar-refractivity contribution is -0.126. The van der Waals surface area contributed by atoms with Gasteiger partial charge in [-0.1, -0.05) is 5.16 Å². The van der Waals surface area contributed by atoms with Gasteiger partial charge >= 0.3 is 0 Å². The molecule has 1 unspecified atom stereocenters. The largest absolute Gasteiger partial charge is 0.493 e. The number of amides is 1. The van der Waals surface area contributed by atoms with Crippen molar-refractivity contribution in [2.75, 3.05) is 33.9 Å². The average Bonchev–Trinajstić information content (AvgIpc) is 3.16. The Kier molecular flexibility index (Phi) is 6.28. The van der Waals surface area contributed by atoms with E-state index in [0.29, 0.717) is 42.8 Å². The van der Waals surface area contributed by atoms with Crippen LogP contribution < -0.4 is 14.8 Å². The fourth-order valence-electron chi connectivity index (χ4n) is 3.33. The second kappa shape index (κ2) is 8.85. The van der Waals surface area contributed by atoms with E-state index in [1.807, 2.05) is 25.1 Å². The zero-order valence-corrected chi connectivity index (χ0v) is 16.0. The first-order valence-electron chi connectivity index (χ1n) is 9.19. The van der Waals surface area contributed by atoms with Crippen LogP contribution in [0.2, 0.25) is 0 Å². The minimum atomic E-state index is 0.0203. The number of nitrogens with one attached hydrogen (secondary N) is 1. The standard InChI is InChI=1S/C19H26N4O4/c1-4-20-19(24)14-6-5-9-23(11-14)12-17-21-18(22-27-17)13-7-8-15(25-2)16(10-13)26-3/h7-8,10,14H,4-6,9,11-12H2,1-3H3,(H,20,24). The summed E-state index contributed by atoms with van der Waals surface area (Å²) < 4.78 is 16.0. The minimum Gasteiger partial charge on any atom is -0.493 e. The van der Waals surface area contributed by atoms with Gasteiger partial charge in [0, 0.05) is 18.7 Å². The molecular formula is C19H26N4O4. The van der Waals surface area contributed by atoms with Crippen molar-refractivity contribution < 1.29 is 18.8 Å². The Morgan fingerprint density at radius 3 is 2.89 bits per heavy atom. The van der Waals surface area contributed by atoms with Crippen molar-refractivity contribution in [1.29, 1.82) is 0 Å². The maximum absolute atomic E-state index is 12.1. The monoisotopic (exact) mass is 374 g/mol. The number of carbonyl (C=O) groups excluding carboxylic acids is 1. The molecule has 0 saturated carbocycles. The molecule has 1 N–H and O–H groups in total. The molecule has 1 atom stereocenters. The van der Waals surface area contributed by atoms with E-state index >= 15 is 0 Å². The van der Waals surface area contributed by atoms with Crippen molar-refractivity contribution in [2.24, 2.45) is 5.92 Å². The Bertz CT molecular complexity index is 777. The summed E-state index contributed by atoms with van der Waals surface area (Å²) >= 11 is 0. The summed E-state index contributed by atoms with van der Waals surface area (Å²) in [6, 6.07) is 5.49. The van der Waals surface area contributed by atoms with Crippen LogP contribution in [0.25, 0.3) is 11.4 Å². The highest BCUT2D eigenvalue weighted by Gasteiger charge is 2.26. The van der Waals surface area contributed by atoms with Crippen LogP contribution in [-0.2, 0) is 11.3 Å². The van der Waals surface area contributed by atoms with Gasteiger partial charge in [0.2, 0.25) is 17.6 Å². The third kappa shape index (κ3) is 4.57. The van der Waals surface area contributed by atoms with Crippen LogP contribution in [0, 0.1) is 5.92 Å². The summed E-state index contributed by atoms with van der Waals surface area (Å²) in [5, 5.41) is 6.98. The summed E-state index contributed by atoms with van der Waals surface area (Å²) in [6.45, 7) is 4.76. The third-order valence-electron chi connectivity index (χ3n) is 4.70. The second-order valence-corrected chi connectivity index (χ2v) is 6.55. The predicted octanol–water partition coefficient (Wildman–Crippen LogP) is 2.10. The Hall–Kier alpha value is -2.61. The molecule has 0 radical (unpaired) electrons. The fourth-order valence-corrected chi connectivity index (χ4v) is 3.33. The molecule has 0 spiro atoms. The van der Waals surface area contributed by atoms with Crippen LogP contribution >= 0.6 is 0 Å². The molecule has 1 aromatic carbocycles. The molecule has 1 aromatic heterocycles. The van der Waals surface area contributed by atoms with E-state index in [4.69, 9.17) is 14.0 Å². The summed E-state index contributed by atoms with van der Waals surface area (Å²) in [6.07, 6.45) is 1.90. The Morgan fingerprint density at radius 2 is 2.15 bits per heavy atom. The molecule has 8 heteroatoms. The van der Waals surface area contributed by atoms with E-state index in [1.54, 1.807) is 14.2 Å². The molecule has 1 aliphatic heterocycles. The lowest BCUT2D eigenvalue weighted by Gasteiger charge is -2.30. The van der Waals surface area contributed by atoms with Gasteiger partial charge in [-0.2, -0.15) is 4.98 Å². The van der Waals surface area contributed by atoms with Crippen LogP contribution in [0.4, 0.5) is 0 Å². The summed E-state index contributed by atoms with van der Waals surface area (Å²) in [4.78, 5) is 18.8. The quantitative estimate of drug-likeness (QED) is 0.794. The Labute approximate surface area is 158 Å². The topological polar surface area (TPSA) is 89.7 Å². The summed E-state index contributed by atoms with van der Waals surface area (Å²) in [5.41, 5.74) is 0.793. The van der Waals surface area contributed by atoms with Gasteiger partial charge in [-0.15, -0.1) is 0 Å². The highest BCUT2D eigenvalue weighted by Crippen LogP contribution is 2.31. The van der Waals surface area contributed by atoms with E-state index in [0.717, 1.165) is 24.9 Å². The van der Waals surface area contributed by atoms with Gasteiger partial charge in [0.1, 0.15) is 0 Å². The molecule has 8 nitrogen and oxygen atoms in total. The number of hydrogen-bond acceptors (Lipinski definition) is 7.